The number of aryl methyl sites for hydroxylation is 2. The van der Waals surface area contributed by atoms with Gasteiger partial charge in [-0.3, -0.25) is 10.1 Å². The lowest BCUT2D eigenvalue weighted by atomic mass is 10.1. The fourth-order valence-electron chi connectivity index (χ4n) is 1.58. The van der Waals surface area contributed by atoms with Gasteiger partial charge in [-0.1, -0.05) is 0 Å². The number of nitrogens with one attached hydrogen (secondary N) is 1. The van der Waals surface area contributed by atoms with Crippen molar-refractivity contribution >= 4 is 15.7 Å². The molecule has 112 valence electrons. The highest BCUT2D eigenvalue weighted by Crippen LogP contribution is 2.28. The van der Waals surface area contributed by atoms with E-state index in [-0.39, 0.29) is 0 Å². The standard InChI is InChI=1S/C12H18N2O5S/c1-8-5-10(14(16)17)11(6-9(8)2)20(18,19)13-12(3,4)7-15/h5-6,13,15H,7H2,1-4H3. The van der Waals surface area contributed by atoms with Gasteiger partial charge in [-0.15, -0.1) is 0 Å². The summed E-state index contributed by atoms with van der Waals surface area (Å²) in [6, 6.07) is 2.50. The van der Waals surface area contributed by atoms with Gasteiger partial charge in [0.15, 0.2) is 4.90 Å². The van der Waals surface area contributed by atoms with Crippen LogP contribution in [0.4, 0.5) is 5.69 Å². The SMILES string of the molecule is Cc1cc([N+](=O)[O-])c(S(=O)(=O)NC(C)(C)CO)cc1C. The third-order valence-corrected chi connectivity index (χ3v) is 4.59. The zero-order valence-electron chi connectivity index (χ0n) is 11.8. The molecule has 0 bridgehead atoms. The van der Waals surface area contributed by atoms with Gasteiger partial charge in [0.05, 0.1) is 17.1 Å². The van der Waals surface area contributed by atoms with Crippen LogP contribution in [0.5, 0.6) is 0 Å². The van der Waals surface area contributed by atoms with E-state index >= 15 is 0 Å². The molecular formula is C12H18N2O5S. The molecule has 2 N–H and O–H groups in total. The molecule has 1 rings (SSSR count). The Morgan fingerprint density at radius 3 is 2.25 bits per heavy atom. The molecule has 0 unspecified atom stereocenters. The van der Waals surface area contributed by atoms with Crippen LogP contribution >= 0.6 is 0 Å². The lowest BCUT2D eigenvalue weighted by Crippen LogP contribution is -2.46. The molecule has 8 heteroatoms. The molecule has 0 atom stereocenters. The van der Waals surface area contributed by atoms with Crippen LogP contribution in [0.3, 0.4) is 0 Å². The van der Waals surface area contributed by atoms with Crippen LogP contribution in [-0.2, 0) is 10.0 Å². The van der Waals surface area contributed by atoms with Crippen LogP contribution in [-0.4, -0.2) is 30.6 Å². The lowest BCUT2D eigenvalue weighted by molar-refractivity contribution is -0.387. The number of hydrogen-bond acceptors (Lipinski definition) is 5. The maximum atomic E-state index is 12.3. The summed E-state index contributed by atoms with van der Waals surface area (Å²) < 4.78 is 26.8. The molecule has 0 fully saturated rings. The molecule has 0 radical (unpaired) electrons. The number of nitro benzene ring substituents is 1. The van der Waals surface area contributed by atoms with Gasteiger partial charge in [0.25, 0.3) is 5.69 Å². The van der Waals surface area contributed by atoms with Crippen LogP contribution in [0, 0.1) is 24.0 Å². The van der Waals surface area contributed by atoms with E-state index in [0.717, 1.165) is 0 Å². The average Bonchev–Trinajstić information content (AvgIpc) is 2.30. The molecule has 0 saturated carbocycles. The molecule has 0 heterocycles. The van der Waals surface area contributed by atoms with Gasteiger partial charge in [-0.25, -0.2) is 13.1 Å². The Morgan fingerprint density at radius 1 is 1.30 bits per heavy atom. The monoisotopic (exact) mass is 302 g/mol. The number of rotatable bonds is 5. The normalized spacial score (nSPS) is 12.4. The van der Waals surface area contributed by atoms with Crippen molar-refractivity contribution in [2.45, 2.75) is 38.1 Å². The van der Waals surface area contributed by atoms with Crippen molar-refractivity contribution in [3.8, 4) is 0 Å². The van der Waals surface area contributed by atoms with Crippen LogP contribution < -0.4 is 4.72 Å². The Bertz CT molecular complexity index is 637. The summed E-state index contributed by atoms with van der Waals surface area (Å²) in [5.74, 6) is 0. The topological polar surface area (TPSA) is 110 Å². The first-order valence-electron chi connectivity index (χ1n) is 5.90. The van der Waals surface area contributed by atoms with Crippen molar-refractivity contribution in [1.29, 1.82) is 0 Å². The minimum Gasteiger partial charge on any atom is -0.394 e. The Balaban J connectivity index is 3.45. The zero-order valence-corrected chi connectivity index (χ0v) is 12.6. The molecule has 7 nitrogen and oxygen atoms in total. The van der Waals surface area contributed by atoms with E-state index in [4.69, 9.17) is 5.11 Å². The van der Waals surface area contributed by atoms with Gasteiger partial charge in [-0.05, 0) is 44.9 Å². The Morgan fingerprint density at radius 2 is 1.80 bits per heavy atom. The number of sulfonamides is 1. The van der Waals surface area contributed by atoms with Crippen molar-refractivity contribution in [1.82, 2.24) is 4.72 Å². The third kappa shape index (κ3) is 3.53. The largest absolute Gasteiger partial charge is 0.394 e. The van der Waals surface area contributed by atoms with Crippen molar-refractivity contribution < 1.29 is 18.4 Å². The number of hydrogen-bond donors (Lipinski definition) is 2. The summed E-state index contributed by atoms with van der Waals surface area (Å²) >= 11 is 0. The summed E-state index contributed by atoms with van der Waals surface area (Å²) in [7, 11) is -4.10. The third-order valence-electron chi connectivity index (χ3n) is 2.87. The molecule has 0 aromatic heterocycles. The molecule has 20 heavy (non-hydrogen) atoms. The van der Waals surface area contributed by atoms with E-state index in [1.54, 1.807) is 13.8 Å². The number of aliphatic hydroxyl groups excluding tert-OH is 1. The van der Waals surface area contributed by atoms with E-state index in [2.05, 4.69) is 4.72 Å². The Kier molecular flexibility index (Phi) is 4.52. The predicted molar refractivity (Wildman–Crippen MR) is 74.1 cm³/mol. The molecular weight excluding hydrogens is 284 g/mol. The Labute approximate surface area is 117 Å². The molecule has 0 aliphatic heterocycles. The number of aliphatic hydroxyl groups is 1. The second-order valence-electron chi connectivity index (χ2n) is 5.31. The van der Waals surface area contributed by atoms with Crippen LogP contribution in [0.15, 0.2) is 17.0 Å². The van der Waals surface area contributed by atoms with Crippen LogP contribution in [0.25, 0.3) is 0 Å². The van der Waals surface area contributed by atoms with Crippen molar-refractivity contribution in [2.75, 3.05) is 6.61 Å². The fourth-order valence-corrected chi connectivity index (χ4v) is 3.23. The van der Waals surface area contributed by atoms with Crippen molar-refractivity contribution in [2.24, 2.45) is 0 Å². The molecule has 0 amide bonds. The predicted octanol–water partition coefficient (Wildman–Crippen LogP) is 1.26. The molecule has 0 aliphatic carbocycles. The fraction of sp³-hybridized carbons (Fsp3) is 0.500. The quantitative estimate of drug-likeness (QED) is 0.628. The summed E-state index contributed by atoms with van der Waals surface area (Å²) in [4.78, 5) is 9.91. The summed E-state index contributed by atoms with van der Waals surface area (Å²) in [5.41, 5.74) is -0.310. The molecule has 0 spiro atoms. The molecule has 1 aromatic rings. The van der Waals surface area contributed by atoms with E-state index in [9.17, 15) is 18.5 Å². The number of nitro groups is 1. The summed E-state index contributed by atoms with van der Waals surface area (Å²) in [6.07, 6.45) is 0. The van der Waals surface area contributed by atoms with E-state index in [1.807, 2.05) is 0 Å². The maximum Gasteiger partial charge on any atom is 0.289 e. The zero-order chi connectivity index (χ0) is 15.7. The minimum atomic E-state index is -4.10. The first kappa shape index (κ1) is 16.5. The second-order valence-corrected chi connectivity index (χ2v) is 6.96. The summed E-state index contributed by atoms with van der Waals surface area (Å²) in [6.45, 7) is 5.89. The average molecular weight is 302 g/mol. The van der Waals surface area contributed by atoms with Crippen LogP contribution in [0.2, 0.25) is 0 Å². The smallest absolute Gasteiger partial charge is 0.289 e. The van der Waals surface area contributed by atoms with E-state index in [0.29, 0.717) is 11.1 Å². The summed E-state index contributed by atoms with van der Waals surface area (Å²) in [5, 5.41) is 20.2. The van der Waals surface area contributed by atoms with Gasteiger partial charge in [0.1, 0.15) is 0 Å². The highest BCUT2D eigenvalue weighted by Gasteiger charge is 2.31. The van der Waals surface area contributed by atoms with E-state index in [1.165, 1.54) is 26.0 Å². The first-order valence-corrected chi connectivity index (χ1v) is 7.39. The Hall–Kier alpha value is -1.51. The van der Waals surface area contributed by atoms with Gasteiger partial charge in [-0.2, -0.15) is 0 Å². The number of benzene rings is 1. The van der Waals surface area contributed by atoms with Crippen LogP contribution in [0.1, 0.15) is 25.0 Å². The van der Waals surface area contributed by atoms with Gasteiger partial charge < -0.3 is 5.11 Å². The molecule has 0 aliphatic rings. The lowest BCUT2D eigenvalue weighted by Gasteiger charge is -2.23. The number of nitrogens with zero attached hydrogens (tertiary/aromatic N) is 1. The maximum absolute atomic E-state index is 12.3. The molecule has 1 aromatic carbocycles. The first-order chi connectivity index (χ1) is 9.00. The van der Waals surface area contributed by atoms with Crippen molar-refractivity contribution in [3.63, 3.8) is 0 Å². The van der Waals surface area contributed by atoms with Gasteiger partial charge in [0, 0.05) is 6.07 Å². The molecule has 0 saturated heterocycles. The second kappa shape index (κ2) is 5.47. The van der Waals surface area contributed by atoms with Gasteiger partial charge in [0.2, 0.25) is 10.0 Å². The minimum absolute atomic E-state index is 0.396. The van der Waals surface area contributed by atoms with Crippen molar-refractivity contribution in [3.05, 3.63) is 33.4 Å². The highest BCUT2D eigenvalue weighted by molar-refractivity contribution is 7.89. The van der Waals surface area contributed by atoms with Gasteiger partial charge >= 0.3 is 0 Å². The van der Waals surface area contributed by atoms with E-state index < -0.39 is 37.7 Å². The highest BCUT2D eigenvalue weighted by atomic mass is 32.2.